The number of ether oxygens (including phenoxy) is 1. The van der Waals surface area contributed by atoms with Gasteiger partial charge in [0, 0.05) is 33.5 Å². The van der Waals surface area contributed by atoms with E-state index < -0.39 is 6.10 Å². The van der Waals surface area contributed by atoms with Crippen molar-refractivity contribution in [3.05, 3.63) is 58.6 Å². The minimum atomic E-state index is -0.404. The zero-order valence-corrected chi connectivity index (χ0v) is 16.8. The molecule has 7 heteroatoms. The molecule has 1 saturated heterocycles. The highest BCUT2D eigenvalue weighted by Crippen LogP contribution is 2.37. The van der Waals surface area contributed by atoms with Gasteiger partial charge in [0.2, 0.25) is 0 Å². The Morgan fingerprint density at radius 2 is 2.04 bits per heavy atom. The number of fused-ring (bicyclic) bond motifs is 1. The Morgan fingerprint density at radius 1 is 1.14 bits per heavy atom. The summed E-state index contributed by atoms with van der Waals surface area (Å²) >= 11 is 7.92. The summed E-state index contributed by atoms with van der Waals surface area (Å²) in [6, 6.07) is 12.7. The molecule has 0 spiro atoms. The number of thioether (sulfide) groups is 1. The summed E-state index contributed by atoms with van der Waals surface area (Å²) < 4.78 is 5.40. The topological polar surface area (TPSA) is 67.4 Å². The van der Waals surface area contributed by atoms with E-state index in [0.717, 1.165) is 35.5 Å². The van der Waals surface area contributed by atoms with Gasteiger partial charge in [0.25, 0.3) is 11.8 Å². The Kier molecular flexibility index (Phi) is 5.90. The predicted molar refractivity (Wildman–Crippen MR) is 111 cm³/mol. The van der Waals surface area contributed by atoms with E-state index in [4.69, 9.17) is 16.3 Å². The van der Waals surface area contributed by atoms with Gasteiger partial charge in [-0.3, -0.25) is 9.59 Å². The van der Waals surface area contributed by atoms with E-state index >= 15 is 0 Å². The van der Waals surface area contributed by atoms with Crippen LogP contribution in [0.1, 0.15) is 41.2 Å². The monoisotopic (exact) mass is 416 g/mol. The first kappa shape index (κ1) is 19.3. The van der Waals surface area contributed by atoms with Crippen LogP contribution in [0.25, 0.3) is 0 Å². The van der Waals surface area contributed by atoms with E-state index in [0.29, 0.717) is 22.9 Å². The summed E-state index contributed by atoms with van der Waals surface area (Å²) in [5, 5.41) is 6.61. The molecule has 2 heterocycles. The first-order valence-electron chi connectivity index (χ1n) is 9.36. The second-order valence-corrected chi connectivity index (χ2v) is 8.49. The summed E-state index contributed by atoms with van der Waals surface area (Å²) in [5.74, 6) is 0.607. The molecule has 146 valence electrons. The average Bonchev–Trinajstić information content (AvgIpc) is 3.24. The van der Waals surface area contributed by atoms with E-state index in [1.54, 1.807) is 36.0 Å². The normalized spacial score (nSPS) is 21.0. The van der Waals surface area contributed by atoms with Crippen LogP contribution < -0.4 is 10.6 Å². The highest BCUT2D eigenvalue weighted by Gasteiger charge is 2.25. The summed E-state index contributed by atoms with van der Waals surface area (Å²) in [5.41, 5.74) is 2.16. The zero-order chi connectivity index (χ0) is 19.5. The Hall–Kier alpha value is -2.02. The van der Waals surface area contributed by atoms with Crippen molar-refractivity contribution in [2.45, 2.75) is 36.3 Å². The molecule has 4 rings (SSSR count). The quantitative estimate of drug-likeness (QED) is 0.773. The molecule has 2 aromatic rings. The Balaban J connectivity index is 1.46. The van der Waals surface area contributed by atoms with Gasteiger partial charge in [-0.25, -0.2) is 0 Å². The first-order valence-corrected chi connectivity index (χ1v) is 10.7. The van der Waals surface area contributed by atoms with Crippen LogP contribution in [-0.2, 0) is 9.53 Å². The summed E-state index contributed by atoms with van der Waals surface area (Å²) in [7, 11) is 0. The minimum Gasteiger partial charge on any atom is -0.368 e. The fourth-order valence-electron chi connectivity index (χ4n) is 3.50. The maximum absolute atomic E-state index is 12.8. The van der Waals surface area contributed by atoms with Gasteiger partial charge < -0.3 is 15.4 Å². The van der Waals surface area contributed by atoms with Crippen LogP contribution in [0.15, 0.2) is 47.4 Å². The molecule has 0 aromatic heterocycles. The Labute approximate surface area is 173 Å². The van der Waals surface area contributed by atoms with Crippen molar-refractivity contribution in [2.24, 2.45) is 0 Å². The third-order valence-electron chi connectivity index (χ3n) is 4.93. The lowest BCUT2D eigenvalue weighted by Crippen LogP contribution is -2.31. The van der Waals surface area contributed by atoms with Gasteiger partial charge in [-0.15, -0.1) is 11.8 Å². The predicted octanol–water partition coefficient (Wildman–Crippen LogP) is 4.42. The molecule has 28 heavy (non-hydrogen) atoms. The molecule has 1 fully saturated rings. The van der Waals surface area contributed by atoms with Gasteiger partial charge in [-0.1, -0.05) is 17.7 Å². The van der Waals surface area contributed by atoms with Gasteiger partial charge in [0.05, 0.1) is 6.04 Å². The second-order valence-electron chi connectivity index (χ2n) is 6.92. The van der Waals surface area contributed by atoms with Crippen molar-refractivity contribution < 1.29 is 14.3 Å². The van der Waals surface area contributed by atoms with E-state index in [-0.39, 0.29) is 17.9 Å². The molecule has 0 saturated carbocycles. The van der Waals surface area contributed by atoms with Crippen LogP contribution in [-0.4, -0.2) is 30.3 Å². The van der Waals surface area contributed by atoms with Crippen LogP contribution in [0.5, 0.6) is 0 Å². The molecule has 5 nitrogen and oxygen atoms in total. The van der Waals surface area contributed by atoms with Crippen molar-refractivity contribution >= 4 is 40.9 Å². The van der Waals surface area contributed by atoms with Crippen LogP contribution in [0.3, 0.4) is 0 Å². The number of carbonyl (C=O) groups excluding carboxylic acids is 2. The number of hydrogen-bond acceptors (Lipinski definition) is 4. The number of benzene rings is 2. The highest BCUT2D eigenvalue weighted by molar-refractivity contribution is 7.99. The summed E-state index contributed by atoms with van der Waals surface area (Å²) in [6.45, 7) is 0.617. The molecule has 2 amide bonds. The molecule has 2 N–H and O–H groups in total. The zero-order valence-electron chi connectivity index (χ0n) is 15.2. The number of anilines is 1. The van der Waals surface area contributed by atoms with Gasteiger partial charge in [-0.2, -0.15) is 0 Å². The van der Waals surface area contributed by atoms with Crippen LogP contribution in [0.4, 0.5) is 5.69 Å². The smallest absolute Gasteiger partial charge is 0.253 e. The molecule has 0 radical (unpaired) electrons. The van der Waals surface area contributed by atoms with Crippen LogP contribution in [0, 0.1) is 0 Å². The number of halogens is 1. The molecular formula is C21H21ClN2O3S. The highest BCUT2D eigenvalue weighted by atomic mass is 35.5. The summed E-state index contributed by atoms with van der Waals surface area (Å²) in [4.78, 5) is 26.2. The lowest BCUT2D eigenvalue weighted by atomic mass is 10.0. The molecule has 2 aromatic carbocycles. The standard InChI is InChI=1S/C21H21ClN2O3S/c22-14-6-7-19-16(12-14)17(8-10-28-19)24-20(25)13-3-1-4-15(11-13)23-21(26)18-5-2-9-27-18/h1,3-4,6-7,11-12,17-18H,2,5,8-10H2,(H,23,26)(H,24,25)/t17-,18-/m0/s1. The fraction of sp³-hybridized carbons (Fsp3) is 0.333. The molecule has 0 bridgehead atoms. The number of hydrogen-bond donors (Lipinski definition) is 2. The lowest BCUT2D eigenvalue weighted by Gasteiger charge is -2.26. The van der Waals surface area contributed by atoms with Gasteiger partial charge in [0.15, 0.2) is 0 Å². The van der Waals surface area contributed by atoms with Crippen molar-refractivity contribution in [3.8, 4) is 0 Å². The van der Waals surface area contributed by atoms with Crippen molar-refractivity contribution in [1.82, 2.24) is 5.32 Å². The largest absolute Gasteiger partial charge is 0.368 e. The minimum absolute atomic E-state index is 0.0763. The summed E-state index contributed by atoms with van der Waals surface area (Å²) in [6.07, 6.45) is 2.07. The lowest BCUT2D eigenvalue weighted by molar-refractivity contribution is -0.124. The fourth-order valence-corrected chi connectivity index (χ4v) is 4.79. The number of amides is 2. The van der Waals surface area contributed by atoms with E-state index in [2.05, 4.69) is 10.6 Å². The molecule has 0 aliphatic carbocycles. The maximum Gasteiger partial charge on any atom is 0.253 e. The molecular weight excluding hydrogens is 396 g/mol. The number of nitrogens with one attached hydrogen (secondary N) is 2. The van der Waals surface area contributed by atoms with E-state index in [1.165, 1.54) is 0 Å². The average molecular weight is 417 g/mol. The van der Waals surface area contributed by atoms with Gasteiger partial charge >= 0.3 is 0 Å². The molecule has 2 aliphatic heterocycles. The van der Waals surface area contributed by atoms with Crippen molar-refractivity contribution in [3.63, 3.8) is 0 Å². The Bertz CT molecular complexity index is 899. The van der Waals surface area contributed by atoms with E-state index in [1.807, 2.05) is 18.2 Å². The Morgan fingerprint density at radius 3 is 2.86 bits per heavy atom. The first-order chi connectivity index (χ1) is 13.6. The SMILES string of the molecule is O=C(N[C@H]1CCSc2ccc(Cl)cc21)c1cccc(NC(=O)[C@@H]2CCCO2)c1. The maximum atomic E-state index is 12.8. The second kappa shape index (κ2) is 8.55. The van der Waals surface area contributed by atoms with Crippen molar-refractivity contribution in [2.75, 3.05) is 17.7 Å². The third-order valence-corrected chi connectivity index (χ3v) is 6.29. The molecule has 2 aliphatic rings. The third kappa shape index (κ3) is 4.35. The van der Waals surface area contributed by atoms with E-state index in [9.17, 15) is 9.59 Å². The molecule has 2 atom stereocenters. The van der Waals surface area contributed by atoms with Crippen LogP contribution in [0.2, 0.25) is 5.02 Å². The number of carbonyl (C=O) groups is 2. The van der Waals surface area contributed by atoms with Gasteiger partial charge in [0.1, 0.15) is 6.10 Å². The van der Waals surface area contributed by atoms with Gasteiger partial charge in [-0.05, 0) is 61.2 Å². The molecule has 0 unspecified atom stereocenters. The number of rotatable bonds is 4. The van der Waals surface area contributed by atoms with Crippen molar-refractivity contribution in [1.29, 1.82) is 0 Å². The van der Waals surface area contributed by atoms with Crippen LogP contribution >= 0.6 is 23.4 Å².